The Morgan fingerprint density at radius 3 is 2.60 bits per heavy atom. The molecule has 166 valence electrons. The van der Waals surface area contributed by atoms with Crippen molar-refractivity contribution >= 4 is 18.1 Å². The van der Waals surface area contributed by atoms with Crippen molar-refractivity contribution in [3.63, 3.8) is 0 Å². The number of rotatable bonds is 9. The summed E-state index contributed by atoms with van der Waals surface area (Å²) < 4.78 is 5.45. The topological polar surface area (TPSA) is 71.5 Å². The Bertz CT molecular complexity index is 675. The second kappa shape index (κ2) is 12.4. The van der Waals surface area contributed by atoms with Gasteiger partial charge in [0.25, 0.3) is 0 Å². The molecule has 30 heavy (non-hydrogen) atoms. The molecule has 2 heterocycles. The summed E-state index contributed by atoms with van der Waals surface area (Å²) in [5, 5.41) is 2.93. The maximum atomic E-state index is 12.1. The van der Waals surface area contributed by atoms with Gasteiger partial charge in [-0.15, -0.1) is 0 Å². The zero-order chi connectivity index (χ0) is 21.8. The summed E-state index contributed by atoms with van der Waals surface area (Å²) in [5.74, 6) is 0.650. The molecule has 2 amide bonds. The van der Waals surface area contributed by atoms with Gasteiger partial charge in [0.2, 0.25) is 5.91 Å². The van der Waals surface area contributed by atoms with E-state index in [-0.39, 0.29) is 12.0 Å². The number of unbranched alkanes of at least 4 members (excludes halogenated alkanes) is 3. The van der Waals surface area contributed by atoms with Gasteiger partial charge in [-0.1, -0.05) is 31.7 Å². The van der Waals surface area contributed by atoms with Crippen molar-refractivity contribution in [3.05, 3.63) is 36.2 Å². The van der Waals surface area contributed by atoms with Crippen LogP contribution in [0.5, 0.6) is 0 Å². The third-order valence-corrected chi connectivity index (χ3v) is 5.22. The molecule has 1 N–H and O–H groups in total. The van der Waals surface area contributed by atoms with Crippen LogP contribution in [0.2, 0.25) is 0 Å². The molecular weight excluding hydrogens is 378 g/mol. The van der Waals surface area contributed by atoms with Crippen LogP contribution in [0.25, 0.3) is 6.08 Å². The molecule has 1 fully saturated rings. The molecule has 2 rings (SSSR count). The lowest BCUT2D eigenvalue weighted by atomic mass is 9.91. The number of carbonyl (C=O) groups is 2. The molecule has 1 aliphatic rings. The first-order valence-electron chi connectivity index (χ1n) is 11.2. The SMILES string of the molecule is CC(C)(C)OC(=O)N1CCC(CCCCCCNC(=O)/C=C/c2cccnc2)CC1. The van der Waals surface area contributed by atoms with Crippen LogP contribution in [0, 0.1) is 5.92 Å². The van der Waals surface area contributed by atoms with E-state index in [9.17, 15) is 9.59 Å². The van der Waals surface area contributed by atoms with E-state index < -0.39 is 5.60 Å². The first-order valence-corrected chi connectivity index (χ1v) is 11.2. The number of amides is 2. The molecule has 1 aliphatic heterocycles. The fourth-order valence-corrected chi connectivity index (χ4v) is 3.56. The van der Waals surface area contributed by atoms with E-state index >= 15 is 0 Å². The fourth-order valence-electron chi connectivity index (χ4n) is 3.56. The average molecular weight is 416 g/mol. The Morgan fingerprint density at radius 2 is 1.93 bits per heavy atom. The number of pyridine rings is 1. The summed E-state index contributed by atoms with van der Waals surface area (Å²) in [7, 11) is 0. The number of hydrogen-bond acceptors (Lipinski definition) is 4. The van der Waals surface area contributed by atoms with E-state index in [1.807, 2.05) is 37.8 Å². The van der Waals surface area contributed by atoms with Crippen molar-refractivity contribution in [1.29, 1.82) is 0 Å². The third kappa shape index (κ3) is 9.90. The molecule has 1 saturated heterocycles. The molecule has 0 radical (unpaired) electrons. The zero-order valence-electron chi connectivity index (χ0n) is 18.7. The Labute approximate surface area is 181 Å². The minimum Gasteiger partial charge on any atom is -0.444 e. The lowest BCUT2D eigenvalue weighted by molar-refractivity contribution is -0.116. The van der Waals surface area contributed by atoms with Gasteiger partial charge in [0.05, 0.1) is 0 Å². The first-order chi connectivity index (χ1) is 14.3. The lowest BCUT2D eigenvalue weighted by Gasteiger charge is -2.33. The van der Waals surface area contributed by atoms with Crippen molar-refractivity contribution in [2.45, 2.75) is 71.3 Å². The zero-order valence-corrected chi connectivity index (χ0v) is 18.7. The van der Waals surface area contributed by atoms with Gasteiger partial charge in [0.15, 0.2) is 0 Å². The minimum atomic E-state index is -0.428. The Kier molecular flexibility index (Phi) is 9.84. The lowest BCUT2D eigenvalue weighted by Crippen LogP contribution is -2.41. The van der Waals surface area contributed by atoms with Gasteiger partial charge >= 0.3 is 6.09 Å². The average Bonchev–Trinajstić information content (AvgIpc) is 2.71. The predicted molar refractivity (Wildman–Crippen MR) is 120 cm³/mol. The second-order valence-corrected chi connectivity index (χ2v) is 9.02. The van der Waals surface area contributed by atoms with Gasteiger partial charge in [0, 0.05) is 38.1 Å². The van der Waals surface area contributed by atoms with Crippen LogP contribution in [-0.2, 0) is 9.53 Å². The maximum Gasteiger partial charge on any atom is 0.410 e. The molecule has 6 heteroatoms. The van der Waals surface area contributed by atoms with Crippen molar-refractivity contribution in [2.75, 3.05) is 19.6 Å². The number of nitrogens with zero attached hydrogens (tertiary/aromatic N) is 2. The molecule has 0 bridgehead atoms. The highest BCUT2D eigenvalue weighted by Crippen LogP contribution is 2.24. The molecule has 0 aliphatic carbocycles. The molecule has 0 saturated carbocycles. The third-order valence-electron chi connectivity index (χ3n) is 5.22. The Balaban J connectivity index is 1.47. The van der Waals surface area contributed by atoms with Gasteiger partial charge in [-0.3, -0.25) is 9.78 Å². The van der Waals surface area contributed by atoms with Crippen molar-refractivity contribution in [1.82, 2.24) is 15.2 Å². The van der Waals surface area contributed by atoms with Crippen LogP contribution in [-0.4, -0.2) is 47.1 Å². The van der Waals surface area contributed by atoms with Gasteiger partial charge in [0.1, 0.15) is 5.60 Å². The van der Waals surface area contributed by atoms with Crippen LogP contribution in [0.1, 0.15) is 71.3 Å². The van der Waals surface area contributed by atoms with Crippen molar-refractivity contribution < 1.29 is 14.3 Å². The number of aromatic nitrogens is 1. The van der Waals surface area contributed by atoms with Crippen LogP contribution in [0.4, 0.5) is 4.79 Å². The molecule has 0 spiro atoms. The van der Waals surface area contributed by atoms with Crippen LogP contribution in [0.15, 0.2) is 30.6 Å². The molecule has 0 aromatic carbocycles. The first kappa shape index (κ1) is 23.9. The number of likely N-dealkylation sites (tertiary alicyclic amines) is 1. The quantitative estimate of drug-likeness (QED) is 0.464. The number of hydrogen-bond donors (Lipinski definition) is 1. The largest absolute Gasteiger partial charge is 0.444 e. The number of ether oxygens (including phenoxy) is 1. The van der Waals surface area contributed by atoms with Crippen molar-refractivity contribution in [3.8, 4) is 0 Å². The summed E-state index contributed by atoms with van der Waals surface area (Å²) in [5.41, 5.74) is 0.493. The summed E-state index contributed by atoms with van der Waals surface area (Å²) in [6.45, 7) is 8.04. The van der Waals surface area contributed by atoms with E-state index in [0.29, 0.717) is 12.5 Å². The Morgan fingerprint density at radius 1 is 1.20 bits per heavy atom. The highest BCUT2D eigenvalue weighted by molar-refractivity contribution is 5.91. The van der Waals surface area contributed by atoms with E-state index in [1.54, 1.807) is 24.5 Å². The van der Waals surface area contributed by atoms with Gasteiger partial charge in [-0.25, -0.2) is 4.79 Å². The van der Waals surface area contributed by atoms with Gasteiger partial charge in [-0.2, -0.15) is 0 Å². The number of piperidine rings is 1. The predicted octanol–water partition coefficient (Wildman–Crippen LogP) is 4.81. The maximum absolute atomic E-state index is 12.1. The molecule has 1 aromatic heterocycles. The highest BCUT2D eigenvalue weighted by atomic mass is 16.6. The normalized spacial score (nSPS) is 15.4. The highest BCUT2D eigenvalue weighted by Gasteiger charge is 2.26. The van der Waals surface area contributed by atoms with Crippen LogP contribution < -0.4 is 5.32 Å². The second-order valence-electron chi connectivity index (χ2n) is 9.02. The summed E-state index contributed by atoms with van der Waals surface area (Å²) in [4.78, 5) is 29.8. The van der Waals surface area contributed by atoms with Crippen LogP contribution in [0.3, 0.4) is 0 Å². The van der Waals surface area contributed by atoms with Gasteiger partial charge < -0.3 is 15.0 Å². The van der Waals surface area contributed by atoms with E-state index in [2.05, 4.69) is 10.3 Å². The standard InChI is InChI=1S/C24H37N3O3/c1-24(2,3)30-23(29)27-17-13-20(14-18-27)9-6-4-5-7-16-26-22(28)12-11-21-10-8-15-25-19-21/h8,10-12,15,19-20H,4-7,9,13-14,16-18H2,1-3H3,(H,26,28)/b12-11+. The molecule has 6 nitrogen and oxygen atoms in total. The van der Waals surface area contributed by atoms with E-state index in [4.69, 9.17) is 4.74 Å². The van der Waals surface area contributed by atoms with E-state index in [0.717, 1.165) is 44.3 Å². The summed E-state index contributed by atoms with van der Waals surface area (Å²) >= 11 is 0. The van der Waals surface area contributed by atoms with Crippen molar-refractivity contribution in [2.24, 2.45) is 5.92 Å². The monoisotopic (exact) mass is 415 g/mol. The molecular formula is C24H37N3O3. The van der Waals surface area contributed by atoms with Gasteiger partial charge in [-0.05, 0) is 63.7 Å². The molecule has 0 atom stereocenters. The summed E-state index contributed by atoms with van der Waals surface area (Å²) in [6.07, 6.45) is 14.5. The Hall–Kier alpha value is -2.37. The molecule has 0 unspecified atom stereocenters. The smallest absolute Gasteiger partial charge is 0.410 e. The number of nitrogens with one attached hydrogen (secondary N) is 1. The van der Waals surface area contributed by atoms with Crippen LogP contribution >= 0.6 is 0 Å². The van der Waals surface area contributed by atoms with E-state index in [1.165, 1.54) is 19.3 Å². The summed E-state index contributed by atoms with van der Waals surface area (Å²) in [6, 6.07) is 3.76. The fraction of sp³-hybridized carbons (Fsp3) is 0.625. The number of carbonyl (C=O) groups excluding carboxylic acids is 2. The molecule has 1 aromatic rings. The minimum absolute atomic E-state index is 0.0596.